The fourth-order valence-corrected chi connectivity index (χ4v) is 3.45. The lowest BCUT2D eigenvalue weighted by atomic mass is 10.1. The Morgan fingerprint density at radius 3 is 2.10 bits per heavy atom. The second-order valence-corrected chi connectivity index (χ2v) is 6.61. The van der Waals surface area contributed by atoms with E-state index in [4.69, 9.17) is 0 Å². The molecule has 0 atom stereocenters. The van der Waals surface area contributed by atoms with Gasteiger partial charge in [-0.05, 0) is 37.1 Å². The number of benzene rings is 1. The van der Waals surface area contributed by atoms with Gasteiger partial charge >= 0.3 is 6.36 Å². The Hall–Kier alpha value is -1.54. The third-order valence-corrected chi connectivity index (χ3v) is 5.04. The maximum absolute atomic E-state index is 12.3. The van der Waals surface area contributed by atoms with Crippen LogP contribution in [0.25, 0.3) is 0 Å². The Bertz CT molecular complexity index is 613. The Balaban J connectivity index is 2.15. The summed E-state index contributed by atoms with van der Waals surface area (Å²) >= 11 is 0. The van der Waals surface area contributed by atoms with Gasteiger partial charge in [0.15, 0.2) is 0 Å². The molecular weight excluding hydrogens is 307 g/mol. The topological polar surface area (TPSA) is 46.6 Å². The van der Waals surface area contributed by atoms with Crippen molar-refractivity contribution in [3.05, 3.63) is 36.4 Å². The summed E-state index contributed by atoms with van der Waals surface area (Å²) in [6.45, 7) is 4.48. The maximum atomic E-state index is 12.3. The highest BCUT2D eigenvalue weighted by atomic mass is 32.2. The summed E-state index contributed by atoms with van der Waals surface area (Å²) < 4.78 is 65.8. The summed E-state index contributed by atoms with van der Waals surface area (Å²) in [4.78, 5) is -0.0514. The fraction of sp³-hybridized carbons (Fsp3) is 0.385. The Morgan fingerprint density at radius 2 is 1.62 bits per heavy atom. The summed E-state index contributed by atoms with van der Waals surface area (Å²) in [5, 5.41) is 0. The van der Waals surface area contributed by atoms with Crippen molar-refractivity contribution < 1.29 is 26.3 Å². The molecule has 0 unspecified atom stereocenters. The van der Waals surface area contributed by atoms with Crippen LogP contribution in [-0.4, -0.2) is 32.2 Å². The Kier molecular flexibility index (Phi) is 4.29. The molecular formula is C13H14F3NO3S. The normalized spacial score (nSPS) is 17.8. The van der Waals surface area contributed by atoms with E-state index < -0.39 is 22.1 Å². The fourth-order valence-electron chi connectivity index (χ4n) is 2.01. The van der Waals surface area contributed by atoms with Crippen LogP contribution < -0.4 is 4.74 Å². The van der Waals surface area contributed by atoms with E-state index in [-0.39, 0.29) is 4.90 Å². The summed E-state index contributed by atoms with van der Waals surface area (Å²) in [6.07, 6.45) is -3.61. The van der Waals surface area contributed by atoms with Crippen molar-refractivity contribution in [2.24, 2.45) is 0 Å². The molecule has 1 saturated heterocycles. The number of sulfonamides is 1. The van der Waals surface area contributed by atoms with Crippen LogP contribution in [0.1, 0.15) is 12.8 Å². The molecule has 1 aliphatic rings. The van der Waals surface area contributed by atoms with Crippen LogP contribution >= 0.6 is 0 Å². The molecule has 4 nitrogen and oxygen atoms in total. The van der Waals surface area contributed by atoms with Crippen molar-refractivity contribution in [3.63, 3.8) is 0 Å². The molecule has 1 aliphatic heterocycles. The Morgan fingerprint density at radius 1 is 1.10 bits per heavy atom. The highest BCUT2D eigenvalue weighted by Gasteiger charge is 2.31. The standard InChI is InChI=1S/C13H14F3NO3S/c1-10-6-8-17(9-7-10)21(18,19)12-4-2-11(3-5-12)20-13(14,15)16/h2-5H,1,6-9H2. The third-order valence-electron chi connectivity index (χ3n) is 3.12. The minimum Gasteiger partial charge on any atom is -0.406 e. The minimum absolute atomic E-state index is 0.0514. The van der Waals surface area contributed by atoms with Crippen molar-refractivity contribution in [2.45, 2.75) is 24.1 Å². The number of nitrogens with zero attached hydrogens (tertiary/aromatic N) is 1. The van der Waals surface area contributed by atoms with Gasteiger partial charge in [-0.1, -0.05) is 12.2 Å². The van der Waals surface area contributed by atoms with Gasteiger partial charge in [-0.15, -0.1) is 13.2 Å². The second-order valence-electron chi connectivity index (χ2n) is 4.67. The van der Waals surface area contributed by atoms with Gasteiger partial charge in [-0.2, -0.15) is 4.31 Å². The summed E-state index contributed by atoms with van der Waals surface area (Å²) in [7, 11) is -3.69. The van der Waals surface area contributed by atoms with Crippen LogP contribution in [0, 0.1) is 0 Å². The summed E-state index contributed by atoms with van der Waals surface area (Å²) in [6, 6.07) is 4.20. The molecule has 0 saturated carbocycles. The number of rotatable bonds is 3. The molecule has 1 aromatic rings. The molecule has 1 heterocycles. The summed E-state index contributed by atoms with van der Waals surface area (Å²) in [5.41, 5.74) is 0.996. The first-order valence-corrected chi connectivity index (χ1v) is 7.65. The second kappa shape index (κ2) is 5.69. The molecule has 0 radical (unpaired) electrons. The molecule has 1 aromatic carbocycles. The molecule has 21 heavy (non-hydrogen) atoms. The average molecular weight is 321 g/mol. The molecule has 0 amide bonds. The van der Waals surface area contributed by atoms with E-state index in [0.717, 1.165) is 29.8 Å². The van der Waals surface area contributed by atoms with Crippen molar-refractivity contribution in [3.8, 4) is 5.75 Å². The predicted octanol–water partition coefficient (Wildman–Crippen LogP) is 2.93. The first-order chi connectivity index (χ1) is 9.68. The number of halogens is 3. The van der Waals surface area contributed by atoms with Gasteiger partial charge in [-0.3, -0.25) is 0 Å². The van der Waals surface area contributed by atoms with Crippen LogP contribution in [0.15, 0.2) is 41.3 Å². The van der Waals surface area contributed by atoms with E-state index in [1.54, 1.807) is 0 Å². The maximum Gasteiger partial charge on any atom is 0.573 e. The number of alkyl halides is 3. The van der Waals surface area contributed by atoms with Gasteiger partial charge in [0, 0.05) is 13.1 Å². The molecule has 0 aromatic heterocycles. The molecule has 0 N–H and O–H groups in total. The Labute approximate surface area is 120 Å². The number of hydrogen-bond donors (Lipinski definition) is 0. The van der Waals surface area contributed by atoms with E-state index in [2.05, 4.69) is 11.3 Å². The molecule has 116 valence electrons. The highest BCUT2D eigenvalue weighted by Crippen LogP contribution is 2.26. The van der Waals surface area contributed by atoms with Gasteiger partial charge in [0.2, 0.25) is 10.0 Å². The molecule has 2 rings (SSSR count). The third kappa shape index (κ3) is 3.98. The first-order valence-electron chi connectivity index (χ1n) is 6.21. The lowest BCUT2D eigenvalue weighted by Gasteiger charge is -2.27. The van der Waals surface area contributed by atoms with E-state index in [1.807, 2.05) is 0 Å². The zero-order valence-corrected chi connectivity index (χ0v) is 11.9. The van der Waals surface area contributed by atoms with Crippen molar-refractivity contribution >= 4 is 10.0 Å². The monoisotopic (exact) mass is 321 g/mol. The molecule has 1 fully saturated rings. The predicted molar refractivity (Wildman–Crippen MR) is 70.3 cm³/mol. The van der Waals surface area contributed by atoms with Crippen LogP contribution in [0.3, 0.4) is 0 Å². The van der Waals surface area contributed by atoms with Crippen LogP contribution in [0.5, 0.6) is 5.75 Å². The van der Waals surface area contributed by atoms with E-state index >= 15 is 0 Å². The number of hydrogen-bond acceptors (Lipinski definition) is 3. The van der Waals surface area contributed by atoms with Crippen molar-refractivity contribution in [1.29, 1.82) is 0 Å². The quantitative estimate of drug-likeness (QED) is 0.804. The SMILES string of the molecule is C=C1CCN(S(=O)(=O)c2ccc(OC(F)(F)F)cc2)CC1. The molecule has 0 bridgehead atoms. The molecule has 0 aliphatic carbocycles. The highest BCUT2D eigenvalue weighted by molar-refractivity contribution is 7.89. The number of piperidine rings is 1. The smallest absolute Gasteiger partial charge is 0.406 e. The van der Waals surface area contributed by atoms with Crippen LogP contribution in [0.2, 0.25) is 0 Å². The van der Waals surface area contributed by atoms with Crippen LogP contribution in [-0.2, 0) is 10.0 Å². The van der Waals surface area contributed by atoms with Crippen molar-refractivity contribution in [2.75, 3.05) is 13.1 Å². The van der Waals surface area contributed by atoms with Crippen molar-refractivity contribution in [1.82, 2.24) is 4.31 Å². The van der Waals surface area contributed by atoms with Gasteiger partial charge in [0.1, 0.15) is 5.75 Å². The van der Waals surface area contributed by atoms with Gasteiger partial charge in [0.05, 0.1) is 4.90 Å². The minimum atomic E-state index is -4.80. The zero-order chi connectivity index (χ0) is 15.7. The first kappa shape index (κ1) is 15.8. The van der Waals surface area contributed by atoms with Gasteiger partial charge in [-0.25, -0.2) is 8.42 Å². The van der Waals surface area contributed by atoms with E-state index in [0.29, 0.717) is 25.9 Å². The molecule has 0 spiro atoms. The largest absolute Gasteiger partial charge is 0.573 e. The van der Waals surface area contributed by atoms with E-state index in [1.165, 1.54) is 4.31 Å². The number of ether oxygens (including phenoxy) is 1. The summed E-state index contributed by atoms with van der Waals surface area (Å²) in [5.74, 6) is -0.450. The zero-order valence-electron chi connectivity index (χ0n) is 11.1. The lowest BCUT2D eigenvalue weighted by Crippen LogP contribution is -2.36. The average Bonchev–Trinajstić information content (AvgIpc) is 2.38. The van der Waals surface area contributed by atoms with Gasteiger partial charge < -0.3 is 4.74 Å². The van der Waals surface area contributed by atoms with Gasteiger partial charge in [0.25, 0.3) is 0 Å². The van der Waals surface area contributed by atoms with Crippen LogP contribution in [0.4, 0.5) is 13.2 Å². The molecule has 8 heteroatoms. The van der Waals surface area contributed by atoms with E-state index in [9.17, 15) is 21.6 Å². The lowest BCUT2D eigenvalue weighted by molar-refractivity contribution is -0.274.